The van der Waals surface area contributed by atoms with Crippen molar-refractivity contribution in [2.45, 2.75) is 109 Å². The van der Waals surface area contributed by atoms with Gasteiger partial charge in [-0.05, 0) is 39.0 Å². The van der Waals surface area contributed by atoms with Gasteiger partial charge in [-0.15, -0.1) is 0 Å². The number of carbonyl (C=O) groups excluding carboxylic acids is 1. The van der Waals surface area contributed by atoms with Crippen molar-refractivity contribution in [2.75, 3.05) is 0 Å². The molecule has 0 amide bonds. The molecule has 27 heavy (non-hydrogen) atoms. The summed E-state index contributed by atoms with van der Waals surface area (Å²) in [5.74, 6) is -0.912. The van der Waals surface area contributed by atoms with Gasteiger partial charge in [-0.25, -0.2) is 8.42 Å². The van der Waals surface area contributed by atoms with Gasteiger partial charge in [-0.3, -0.25) is 4.79 Å². The largest absolute Gasteiger partial charge is 1.00 e. The maximum atomic E-state index is 11.6. The number of rotatable bonds is 17. The number of carbonyl (C=O) groups is 1. The van der Waals surface area contributed by atoms with Crippen molar-refractivity contribution in [3.8, 4) is 0 Å². The van der Waals surface area contributed by atoms with Gasteiger partial charge in [-0.1, -0.05) is 70.4 Å². The quantitative estimate of drug-likeness (QED) is 0.170. The Labute approximate surface area is 188 Å². The molecule has 0 aliphatic heterocycles. The van der Waals surface area contributed by atoms with Crippen LogP contribution in [0.15, 0.2) is 12.2 Å². The predicted molar refractivity (Wildman–Crippen MR) is 105 cm³/mol. The van der Waals surface area contributed by atoms with E-state index in [0.29, 0.717) is 6.42 Å². The third-order valence-electron chi connectivity index (χ3n) is 4.67. The molecule has 0 radical (unpaired) electrons. The number of ketones is 1. The van der Waals surface area contributed by atoms with Crippen LogP contribution in [0.1, 0.15) is 104 Å². The molecule has 0 spiro atoms. The Morgan fingerprint density at radius 1 is 0.889 bits per heavy atom. The van der Waals surface area contributed by atoms with Crippen molar-refractivity contribution in [3.05, 3.63) is 12.2 Å². The molecule has 0 aromatic carbocycles. The molecule has 0 fully saturated rings. The van der Waals surface area contributed by atoms with Crippen LogP contribution in [0.25, 0.3) is 0 Å². The van der Waals surface area contributed by atoms with Crippen LogP contribution in [-0.2, 0) is 14.9 Å². The van der Waals surface area contributed by atoms with Crippen molar-refractivity contribution < 1.29 is 52.4 Å². The van der Waals surface area contributed by atoms with E-state index in [0.717, 1.165) is 45.4 Å². The zero-order chi connectivity index (χ0) is 19.9. The van der Waals surface area contributed by atoms with E-state index < -0.39 is 20.8 Å². The average Bonchev–Trinajstić information content (AvgIpc) is 2.57. The number of allylic oxidation sites excluding steroid dienone is 2. The molecule has 7 heteroatoms. The fourth-order valence-electron chi connectivity index (χ4n) is 2.73. The molecule has 0 saturated heterocycles. The fourth-order valence-corrected chi connectivity index (χ4v) is 3.11. The Morgan fingerprint density at radius 3 is 1.74 bits per heavy atom. The number of Topliss-reactive ketones (excluding diaryl/α,β-unsaturated/α-hetero) is 1. The summed E-state index contributed by atoms with van der Waals surface area (Å²) in [7, 11) is -5.02. The van der Waals surface area contributed by atoms with Gasteiger partial charge in [0, 0.05) is 6.42 Å². The van der Waals surface area contributed by atoms with Gasteiger partial charge in [0.05, 0.1) is 0 Å². The minimum atomic E-state index is -5.02. The topological polar surface area (TPSA) is 94.5 Å². The van der Waals surface area contributed by atoms with E-state index in [2.05, 4.69) is 19.1 Å². The van der Waals surface area contributed by atoms with Crippen molar-refractivity contribution in [2.24, 2.45) is 0 Å². The molecule has 5 nitrogen and oxygen atoms in total. The molecule has 1 atom stereocenters. The minimum Gasteiger partial charge on any atom is -0.745 e. The molecule has 0 bridgehead atoms. The van der Waals surface area contributed by atoms with Gasteiger partial charge in [0.1, 0.15) is 10.1 Å². The summed E-state index contributed by atoms with van der Waals surface area (Å²) in [6.07, 6.45) is 19.0. The predicted octanol–water partition coefficient (Wildman–Crippen LogP) is 1.85. The maximum Gasteiger partial charge on any atom is 1.00 e. The Morgan fingerprint density at radius 2 is 1.30 bits per heavy atom. The van der Waals surface area contributed by atoms with Crippen LogP contribution in [0.3, 0.4) is 0 Å². The van der Waals surface area contributed by atoms with Crippen LogP contribution in [0.2, 0.25) is 0 Å². The molecule has 0 aromatic rings. The summed E-state index contributed by atoms with van der Waals surface area (Å²) in [6.45, 7) is 2.99. The zero-order valence-corrected chi connectivity index (χ0v) is 20.4. The van der Waals surface area contributed by atoms with E-state index in [4.69, 9.17) is 0 Å². The summed E-state index contributed by atoms with van der Waals surface area (Å²) < 4.78 is 32.5. The van der Waals surface area contributed by atoms with Crippen LogP contribution >= 0.6 is 0 Å². The van der Waals surface area contributed by atoms with Crippen LogP contribution < -0.4 is 29.6 Å². The maximum absolute atomic E-state index is 11.6. The van der Waals surface area contributed by atoms with Crippen LogP contribution in [-0.4, -0.2) is 28.8 Å². The summed E-state index contributed by atoms with van der Waals surface area (Å²) in [5, 5.41) is 9.48. The van der Waals surface area contributed by atoms with Gasteiger partial charge in [-0.2, -0.15) is 0 Å². The monoisotopic (exact) mass is 412 g/mol. The Kier molecular flexibility index (Phi) is 18.7. The molecule has 1 N–H and O–H groups in total. The third kappa shape index (κ3) is 14.9. The zero-order valence-electron chi connectivity index (χ0n) is 17.5. The molecule has 0 saturated carbocycles. The first-order valence-corrected chi connectivity index (χ1v) is 11.5. The first-order valence-electron chi connectivity index (χ1n) is 10.1. The van der Waals surface area contributed by atoms with E-state index in [9.17, 15) is 22.9 Å². The molecule has 0 rings (SSSR count). The molecule has 1 unspecified atom stereocenters. The second-order valence-electron chi connectivity index (χ2n) is 7.19. The molecule has 0 aromatic heterocycles. The summed E-state index contributed by atoms with van der Waals surface area (Å²) in [5.41, 5.74) is 0. The van der Waals surface area contributed by atoms with Crippen LogP contribution in [0.4, 0.5) is 0 Å². The normalized spacial score (nSPS) is 14.1. The number of hydrogen-bond donors (Lipinski definition) is 1. The number of unbranched alkanes of at least 4 members (excludes halogenated alkanes) is 11. The van der Waals surface area contributed by atoms with Crippen molar-refractivity contribution in [3.63, 3.8) is 0 Å². The van der Waals surface area contributed by atoms with Crippen molar-refractivity contribution in [1.29, 1.82) is 0 Å². The van der Waals surface area contributed by atoms with Gasteiger partial charge < -0.3 is 9.66 Å². The summed E-state index contributed by atoms with van der Waals surface area (Å²) in [4.78, 5) is 8.81. The Bertz CT molecular complexity index is 501. The summed E-state index contributed by atoms with van der Waals surface area (Å²) >= 11 is 0. The van der Waals surface area contributed by atoms with Gasteiger partial charge in [0.15, 0.2) is 5.78 Å². The average molecular weight is 413 g/mol. The van der Waals surface area contributed by atoms with Gasteiger partial charge >= 0.3 is 29.6 Å². The minimum absolute atomic E-state index is 0. The first kappa shape index (κ1) is 29.5. The van der Waals surface area contributed by atoms with Crippen LogP contribution in [0.5, 0.6) is 0 Å². The van der Waals surface area contributed by atoms with Crippen molar-refractivity contribution in [1.82, 2.24) is 0 Å². The van der Waals surface area contributed by atoms with Gasteiger partial charge in [0.25, 0.3) is 0 Å². The number of hydrogen-bond acceptors (Lipinski definition) is 5. The molecule has 154 valence electrons. The van der Waals surface area contributed by atoms with E-state index in [1.54, 1.807) is 0 Å². The Balaban J connectivity index is 0. The second kappa shape index (κ2) is 17.2. The van der Waals surface area contributed by atoms with Gasteiger partial charge in [0.2, 0.25) is 4.93 Å². The first-order chi connectivity index (χ1) is 12.2. The molecule has 0 aliphatic carbocycles. The van der Waals surface area contributed by atoms with E-state index >= 15 is 0 Å². The third-order valence-corrected chi connectivity index (χ3v) is 5.87. The Hall–Kier alpha value is 0.280. The molecular weight excluding hydrogens is 375 g/mol. The molecule has 0 aliphatic rings. The summed E-state index contributed by atoms with van der Waals surface area (Å²) in [6, 6.07) is 0. The number of aliphatic hydroxyl groups is 1. The smallest absolute Gasteiger partial charge is 0.745 e. The van der Waals surface area contributed by atoms with E-state index in [1.807, 2.05) is 0 Å². The standard InChI is InChI=1S/C20H38O5S.Na/c1-3-4-5-6-7-8-9-10-11-12-13-14-15-16-17-18-19(21)20(2,22)26(23,24)25;/h10-11,22H,3-9,12-18H2,1-2H3,(H,23,24,25);/q;+1/p-1/b11-10-;. The SMILES string of the molecule is CCCCCCCC/C=C\CCCCCCCC(=O)C(C)(O)S(=O)(=O)[O-].[Na+]. The van der Waals surface area contributed by atoms with Crippen LogP contribution in [0, 0.1) is 0 Å². The second-order valence-corrected chi connectivity index (χ2v) is 8.90. The fraction of sp³-hybridized carbons (Fsp3) is 0.850. The molecular formula is C20H37NaO5S. The van der Waals surface area contributed by atoms with E-state index in [1.165, 1.54) is 38.5 Å². The van der Waals surface area contributed by atoms with E-state index in [-0.39, 0.29) is 36.0 Å². The molecule has 0 heterocycles. The van der Waals surface area contributed by atoms with Crippen molar-refractivity contribution >= 4 is 15.9 Å².